The molecule has 0 aromatic heterocycles. The smallest absolute Gasteiger partial charge is 0.0620 e. The van der Waals surface area contributed by atoms with Crippen molar-refractivity contribution in [2.75, 3.05) is 9.80 Å². The third-order valence-corrected chi connectivity index (χ3v) is 17.2. The fraction of sp³-hybridized carbons (Fsp3) is 0.321. The van der Waals surface area contributed by atoms with Gasteiger partial charge in [-0.3, -0.25) is 0 Å². The molecule has 8 aliphatic rings. The Balaban J connectivity index is 1.17. The highest BCUT2D eigenvalue weighted by atomic mass is 15.2. The summed E-state index contributed by atoms with van der Waals surface area (Å²) in [7, 11) is 0. The predicted octanol–water partition coefficient (Wildman–Crippen LogP) is 15.3. The molecule has 0 aliphatic heterocycles. The molecule has 1 spiro atoms. The number of nitrogens with zero attached hydrogens (tertiary/aromatic N) is 2. The number of fused-ring (bicyclic) bond motifs is 6. The van der Waals surface area contributed by atoms with Crippen molar-refractivity contribution in [3.63, 3.8) is 0 Å². The first-order valence-electron chi connectivity index (χ1n) is 22.6. The summed E-state index contributed by atoms with van der Waals surface area (Å²) in [5, 5.41) is 5.60. The second-order valence-electron chi connectivity index (χ2n) is 19.7. The van der Waals surface area contributed by atoms with E-state index >= 15 is 0 Å². The lowest BCUT2D eigenvalue weighted by Crippen LogP contribution is -2.59. The standard InChI is InChI=1S/C56H50N2/c1-5-13-41(14-6-1)57(42-15-7-2-8-16-42)54-49-29-45-36-22-34-21-35(23-36)25-37(24-34)46(45)30-50(49)55(58(43-17-9-3-10-18-43)44-19-11-4-12-20-44)52-32-48-47(31-51(52)54)38-26-39-27-40-28-53(48)56(39,40)33-38/h1-20,29-32,34-40,53H,21-28,33H2. The molecule has 284 valence electrons. The van der Waals surface area contributed by atoms with Gasteiger partial charge in [0, 0.05) is 44.3 Å². The van der Waals surface area contributed by atoms with Crippen molar-refractivity contribution in [1.29, 1.82) is 0 Å². The van der Waals surface area contributed by atoms with Crippen LogP contribution in [0.25, 0.3) is 21.5 Å². The Morgan fingerprint density at radius 2 is 0.741 bits per heavy atom. The SMILES string of the molecule is c1ccc(N(c2ccccc2)c2c3cc4c(cc3c(N(c3ccccc3)c3ccccc3)c3cc5c(cc23)C2CC3CC6CC5C36C2)C2CC3CC(CC4C3)C2)cc1. The number of rotatable bonds is 6. The predicted molar refractivity (Wildman–Crippen MR) is 240 cm³/mol. The molecular formula is C56H50N2. The molecule has 0 saturated heterocycles. The molecule has 7 atom stereocenters. The van der Waals surface area contributed by atoms with Crippen LogP contribution in [0.3, 0.4) is 0 Å². The van der Waals surface area contributed by atoms with Crippen molar-refractivity contribution >= 4 is 55.7 Å². The summed E-state index contributed by atoms with van der Waals surface area (Å²) < 4.78 is 0. The highest BCUT2D eigenvalue weighted by Gasteiger charge is 2.72. The van der Waals surface area contributed by atoms with Crippen LogP contribution in [-0.2, 0) is 0 Å². The van der Waals surface area contributed by atoms with Crippen molar-refractivity contribution in [2.24, 2.45) is 29.1 Å². The van der Waals surface area contributed by atoms with Gasteiger partial charge in [0.1, 0.15) is 0 Å². The maximum absolute atomic E-state index is 2.77. The third-order valence-electron chi connectivity index (χ3n) is 17.2. The number of para-hydroxylation sites is 4. The number of hydrogen-bond donors (Lipinski definition) is 0. The monoisotopic (exact) mass is 750 g/mol. The van der Waals surface area contributed by atoms with Crippen LogP contribution in [0.15, 0.2) is 146 Å². The quantitative estimate of drug-likeness (QED) is 0.123. The minimum Gasteiger partial charge on any atom is -0.309 e. The Hall–Kier alpha value is -5.34. The van der Waals surface area contributed by atoms with Crippen LogP contribution < -0.4 is 9.80 Å². The highest BCUT2D eigenvalue weighted by molar-refractivity contribution is 6.24. The summed E-state index contributed by atoms with van der Waals surface area (Å²) in [6.07, 6.45) is 12.6. The van der Waals surface area contributed by atoms with E-state index in [4.69, 9.17) is 0 Å². The zero-order valence-corrected chi connectivity index (χ0v) is 33.2. The Morgan fingerprint density at radius 1 is 0.362 bits per heavy atom. The molecule has 0 N–H and O–H groups in total. The first-order valence-corrected chi connectivity index (χ1v) is 22.6. The lowest BCUT2D eigenvalue weighted by molar-refractivity contribution is -0.146. The summed E-state index contributed by atoms with van der Waals surface area (Å²) in [5.74, 6) is 6.32. The van der Waals surface area contributed by atoms with Crippen molar-refractivity contribution in [3.05, 3.63) is 168 Å². The molecule has 8 aliphatic carbocycles. The molecule has 58 heavy (non-hydrogen) atoms. The van der Waals surface area contributed by atoms with Gasteiger partial charge in [-0.15, -0.1) is 0 Å². The van der Waals surface area contributed by atoms with E-state index in [9.17, 15) is 0 Å². The second-order valence-corrected chi connectivity index (χ2v) is 19.7. The lowest BCUT2D eigenvalue weighted by atomic mass is 9.36. The summed E-state index contributed by atoms with van der Waals surface area (Å²) in [4.78, 5) is 5.26. The molecule has 2 heteroatoms. The van der Waals surface area contributed by atoms with Crippen molar-refractivity contribution in [2.45, 2.75) is 81.5 Å². The van der Waals surface area contributed by atoms with Gasteiger partial charge in [0.05, 0.1) is 11.4 Å². The van der Waals surface area contributed by atoms with Crippen LogP contribution in [0.2, 0.25) is 0 Å². The Morgan fingerprint density at radius 3 is 1.16 bits per heavy atom. The van der Waals surface area contributed by atoms with Gasteiger partial charge in [-0.2, -0.15) is 0 Å². The highest BCUT2D eigenvalue weighted by Crippen LogP contribution is 2.82. The van der Waals surface area contributed by atoms with Crippen LogP contribution in [0, 0.1) is 29.1 Å². The van der Waals surface area contributed by atoms with E-state index in [-0.39, 0.29) is 0 Å². The normalized spacial score (nSPS) is 30.2. The van der Waals surface area contributed by atoms with E-state index in [1.54, 1.807) is 22.3 Å². The van der Waals surface area contributed by atoms with E-state index in [1.807, 2.05) is 0 Å². The van der Waals surface area contributed by atoms with Gasteiger partial charge < -0.3 is 9.80 Å². The molecule has 5 fully saturated rings. The largest absolute Gasteiger partial charge is 0.309 e. The van der Waals surface area contributed by atoms with Crippen LogP contribution in [0.4, 0.5) is 34.1 Å². The van der Waals surface area contributed by atoms with E-state index < -0.39 is 0 Å². The molecule has 0 heterocycles. The van der Waals surface area contributed by atoms with E-state index in [2.05, 4.69) is 155 Å². The maximum atomic E-state index is 2.77. The summed E-state index contributed by atoms with van der Waals surface area (Å²) in [6, 6.07) is 56.1. The molecule has 7 aromatic carbocycles. The van der Waals surface area contributed by atoms with Crippen LogP contribution in [0.1, 0.15) is 104 Å². The number of anilines is 6. The van der Waals surface area contributed by atoms with Crippen molar-refractivity contribution < 1.29 is 0 Å². The van der Waals surface area contributed by atoms with Crippen LogP contribution >= 0.6 is 0 Å². The molecule has 7 aromatic rings. The molecule has 15 rings (SSSR count). The zero-order chi connectivity index (χ0) is 37.7. The second kappa shape index (κ2) is 11.9. The molecular weight excluding hydrogens is 701 g/mol. The van der Waals surface area contributed by atoms with Crippen molar-refractivity contribution in [3.8, 4) is 0 Å². The summed E-state index contributed by atoms with van der Waals surface area (Å²) in [6.45, 7) is 0. The van der Waals surface area contributed by atoms with Gasteiger partial charge in [-0.05, 0) is 206 Å². The Labute approximate surface area is 342 Å². The van der Waals surface area contributed by atoms with Crippen molar-refractivity contribution in [1.82, 2.24) is 0 Å². The first-order chi connectivity index (χ1) is 28.7. The number of hydrogen-bond acceptors (Lipinski definition) is 2. The molecule has 5 saturated carbocycles. The molecule has 2 nitrogen and oxygen atoms in total. The van der Waals surface area contributed by atoms with Gasteiger partial charge >= 0.3 is 0 Å². The zero-order valence-electron chi connectivity index (χ0n) is 33.2. The average molecular weight is 751 g/mol. The minimum absolute atomic E-state index is 0.583. The van der Waals surface area contributed by atoms with Crippen LogP contribution in [0.5, 0.6) is 0 Å². The first kappa shape index (κ1) is 32.6. The fourth-order valence-corrected chi connectivity index (χ4v) is 15.1. The van der Waals surface area contributed by atoms with Crippen LogP contribution in [-0.4, -0.2) is 0 Å². The Kier molecular flexibility index (Phi) is 6.67. The lowest BCUT2D eigenvalue weighted by Gasteiger charge is -2.68. The molecule has 7 unspecified atom stereocenters. The summed E-state index contributed by atoms with van der Waals surface area (Å²) >= 11 is 0. The van der Waals surface area contributed by atoms with Gasteiger partial charge in [0.25, 0.3) is 0 Å². The third kappa shape index (κ3) is 4.34. The minimum atomic E-state index is 0.583. The molecule has 6 bridgehead atoms. The van der Waals surface area contributed by atoms with Gasteiger partial charge in [-0.1, -0.05) is 72.8 Å². The average Bonchev–Trinajstić information content (AvgIpc) is 3.56. The topological polar surface area (TPSA) is 6.48 Å². The Bertz CT molecular complexity index is 2670. The van der Waals surface area contributed by atoms with Gasteiger partial charge in [0.15, 0.2) is 0 Å². The fourth-order valence-electron chi connectivity index (χ4n) is 15.1. The number of benzene rings is 7. The van der Waals surface area contributed by atoms with E-state index in [0.29, 0.717) is 29.1 Å². The van der Waals surface area contributed by atoms with E-state index in [1.165, 1.54) is 113 Å². The maximum Gasteiger partial charge on any atom is 0.0620 e. The summed E-state index contributed by atoms with van der Waals surface area (Å²) in [5.41, 5.74) is 14.9. The molecule has 0 amide bonds. The molecule has 0 radical (unpaired) electrons. The van der Waals surface area contributed by atoms with E-state index in [0.717, 1.165) is 23.7 Å². The van der Waals surface area contributed by atoms with Gasteiger partial charge in [-0.25, -0.2) is 0 Å². The van der Waals surface area contributed by atoms with Gasteiger partial charge in [0.2, 0.25) is 0 Å².